The summed E-state index contributed by atoms with van der Waals surface area (Å²) in [6, 6.07) is 11.0. The van der Waals surface area contributed by atoms with Crippen molar-refractivity contribution in [2.75, 3.05) is 18.1 Å². The molecule has 0 bridgehead atoms. The highest BCUT2D eigenvalue weighted by atomic mass is 32.1. The van der Waals surface area contributed by atoms with Crippen LogP contribution in [0.1, 0.15) is 51.6 Å². The monoisotopic (exact) mass is 408 g/mol. The number of aromatic nitrogens is 1. The van der Waals surface area contributed by atoms with E-state index in [2.05, 4.69) is 26.0 Å². The van der Waals surface area contributed by atoms with Gasteiger partial charge in [-0.25, -0.2) is 4.98 Å². The summed E-state index contributed by atoms with van der Waals surface area (Å²) >= 11 is 1.54. The summed E-state index contributed by atoms with van der Waals surface area (Å²) in [7, 11) is 0. The number of ketones is 1. The van der Waals surface area contributed by atoms with Gasteiger partial charge in [0.15, 0.2) is 10.9 Å². The minimum atomic E-state index is -0.121. The van der Waals surface area contributed by atoms with E-state index in [4.69, 9.17) is 9.72 Å². The largest absolute Gasteiger partial charge is 0.376 e. The molecule has 1 aliphatic rings. The van der Waals surface area contributed by atoms with Crippen molar-refractivity contribution in [3.63, 3.8) is 0 Å². The minimum Gasteiger partial charge on any atom is -0.376 e. The number of fused-ring (bicyclic) bond motifs is 1. The van der Waals surface area contributed by atoms with Gasteiger partial charge >= 0.3 is 0 Å². The van der Waals surface area contributed by atoms with E-state index in [-0.39, 0.29) is 17.8 Å². The SMILES string of the molecule is CC(=O)c1ccc(C(=O)N(CC2CCCO2)c2nc3cc(C)cc(C)c3s2)cc1. The summed E-state index contributed by atoms with van der Waals surface area (Å²) < 4.78 is 6.90. The first-order valence-electron chi connectivity index (χ1n) is 9.84. The molecule has 1 fully saturated rings. The summed E-state index contributed by atoms with van der Waals surface area (Å²) in [5, 5.41) is 0.685. The molecular formula is C23H24N2O3S. The van der Waals surface area contributed by atoms with Crippen molar-refractivity contribution in [2.24, 2.45) is 0 Å². The molecule has 1 unspecified atom stereocenters. The number of amides is 1. The van der Waals surface area contributed by atoms with Crippen molar-refractivity contribution < 1.29 is 14.3 Å². The number of benzene rings is 2. The fraction of sp³-hybridized carbons (Fsp3) is 0.348. The summed E-state index contributed by atoms with van der Waals surface area (Å²) in [6.45, 7) is 6.86. The fourth-order valence-electron chi connectivity index (χ4n) is 3.72. The molecule has 0 aliphatic carbocycles. The Bertz CT molecular complexity index is 1070. The van der Waals surface area contributed by atoms with Gasteiger partial charge in [-0.15, -0.1) is 0 Å². The van der Waals surface area contributed by atoms with Crippen LogP contribution in [0.15, 0.2) is 36.4 Å². The number of nitrogens with zero attached hydrogens (tertiary/aromatic N) is 2. The quantitative estimate of drug-likeness (QED) is 0.561. The van der Waals surface area contributed by atoms with Crippen molar-refractivity contribution in [2.45, 2.75) is 39.7 Å². The van der Waals surface area contributed by atoms with Gasteiger partial charge in [-0.1, -0.05) is 29.5 Å². The average molecular weight is 409 g/mol. The number of hydrogen-bond acceptors (Lipinski definition) is 5. The first-order valence-corrected chi connectivity index (χ1v) is 10.7. The Morgan fingerprint density at radius 2 is 1.90 bits per heavy atom. The third kappa shape index (κ3) is 4.09. The van der Waals surface area contributed by atoms with Crippen LogP contribution in [0.3, 0.4) is 0 Å². The van der Waals surface area contributed by atoms with E-state index in [0.29, 0.717) is 22.8 Å². The zero-order chi connectivity index (χ0) is 20.5. The van der Waals surface area contributed by atoms with Crippen molar-refractivity contribution in [3.05, 3.63) is 58.7 Å². The lowest BCUT2D eigenvalue weighted by molar-refractivity contribution is 0.0916. The summed E-state index contributed by atoms with van der Waals surface area (Å²) in [6.07, 6.45) is 1.97. The maximum Gasteiger partial charge on any atom is 0.260 e. The molecule has 1 amide bonds. The van der Waals surface area contributed by atoms with Crippen LogP contribution < -0.4 is 4.90 Å². The van der Waals surface area contributed by atoms with Crippen LogP contribution in [0.5, 0.6) is 0 Å². The lowest BCUT2D eigenvalue weighted by atomic mass is 10.1. The molecule has 4 rings (SSSR count). The Morgan fingerprint density at radius 1 is 1.17 bits per heavy atom. The van der Waals surface area contributed by atoms with Crippen LogP contribution in [0.25, 0.3) is 10.2 Å². The Hall–Kier alpha value is -2.57. The fourth-order valence-corrected chi connectivity index (χ4v) is 4.75. The zero-order valence-electron chi connectivity index (χ0n) is 16.9. The molecule has 1 atom stereocenters. The summed E-state index contributed by atoms with van der Waals surface area (Å²) in [5.74, 6) is -0.138. The Labute approximate surface area is 174 Å². The van der Waals surface area contributed by atoms with Gasteiger partial charge in [-0.05, 0) is 62.9 Å². The molecule has 3 aromatic rings. The van der Waals surface area contributed by atoms with E-state index in [1.54, 1.807) is 29.2 Å². The van der Waals surface area contributed by atoms with Gasteiger partial charge in [0, 0.05) is 17.7 Å². The van der Waals surface area contributed by atoms with Crippen LogP contribution in [-0.4, -0.2) is 35.9 Å². The molecule has 0 spiro atoms. The smallest absolute Gasteiger partial charge is 0.260 e. The molecule has 0 saturated carbocycles. The minimum absolute atomic E-state index is 0.0165. The molecular weight excluding hydrogens is 384 g/mol. The highest BCUT2D eigenvalue weighted by Crippen LogP contribution is 2.33. The first-order chi connectivity index (χ1) is 13.9. The number of rotatable bonds is 5. The first kappa shape index (κ1) is 19.7. The average Bonchev–Trinajstić information content (AvgIpc) is 3.35. The number of anilines is 1. The molecule has 2 heterocycles. The van der Waals surface area contributed by atoms with E-state index < -0.39 is 0 Å². The predicted molar refractivity (Wildman–Crippen MR) is 116 cm³/mol. The molecule has 29 heavy (non-hydrogen) atoms. The highest BCUT2D eigenvalue weighted by molar-refractivity contribution is 7.22. The maximum absolute atomic E-state index is 13.4. The lowest BCUT2D eigenvalue weighted by Crippen LogP contribution is -2.37. The second-order valence-electron chi connectivity index (χ2n) is 7.61. The number of hydrogen-bond donors (Lipinski definition) is 0. The number of ether oxygens (including phenoxy) is 1. The molecule has 2 aromatic carbocycles. The van der Waals surface area contributed by atoms with Crippen LogP contribution in [0.2, 0.25) is 0 Å². The molecule has 5 nitrogen and oxygen atoms in total. The normalized spacial score (nSPS) is 16.3. The Kier molecular flexibility index (Phi) is 5.48. The second kappa shape index (κ2) is 8.05. The van der Waals surface area contributed by atoms with Crippen LogP contribution in [0, 0.1) is 13.8 Å². The maximum atomic E-state index is 13.4. The van der Waals surface area contributed by atoms with E-state index >= 15 is 0 Å². The van der Waals surface area contributed by atoms with Gasteiger partial charge in [0.05, 0.1) is 22.9 Å². The topological polar surface area (TPSA) is 59.5 Å². The zero-order valence-corrected chi connectivity index (χ0v) is 17.7. The van der Waals surface area contributed by atoms with Gasteiger partial charge in [0.1, 0.15) is 0 Å². The van der Waals surface area contributed by atoms with E-state index in [9.17, 15) is 9.59 Å². The third-order valence-electron chi connectivity index (χ3n) is 5.23. The number of thiazole rings is 1. The number of carbonyl (C=O) groups excluding carboxylic acids is 2. The summed E-state index contributed by atoms with van der Waals surface area (Å²) in [4.78, 5) is 31.5. The summed E-state index contributed by atoms with van der Waals surface area (Å²) in [5.41, 5.74) is 4.38. The molecule has 0 N–H and O–H groups in total. The van der Waals surface area contributed by atoms with E-state index in [1.165, 1.54) is 23.8 Å². The molecule has 6 heteroatoms. The standard InChI is InChI=1S/C23H24N2O3S/c1-14-11-15(2)21-20(12-14)24-23(29-21)25(13-19-5-4-10-28-19)22(27)18-8-6-17(7-9-18)16(3)26/h6-9,11-12,19H,4-5,10,13H2,1-3H3. The number of aryl methyl sites for hydroxylation is 2. The second-order valence-corrected chi connectivity index (χ2v) is 8.59. The van der Waals surface area contributed by atoms with Crippen molar-refractivity contribution in [1.29, 1.82) is 0 Å². The van der Waals surface area contributed by atoms with Gasteiger partial charge in [0.25, 0.3) is 5.91 Å². The Balaban J connectivity index is 1.72. The van der Waals surface area contributed by atoms with Crippen LogP contribution in [-0.2, 0) is 4.74 Å². The molecule has 150 valence electrons. The van der Waals surface area contributed by atoms with Crippen LogP contribution >= 0.6 is 11.3 Å². The third-order valence-corrected chi connectivity index (χ3v) is 6.46. The molecule has 1 saturated heterocycles. The molecule has 0 radical (unpaired) electrons. The number of Topliss-reactive ketones (excluding diaryl/α,β-unsaturated/α-hetero) is 1. The highest BCUT2D eigenvalue weighted by Gasteiger charge is 2.27. The van der Waals surface area contributed by atoms with Crippen molar-refractivity contribution in [1.82, 2.24) is 4.98 Å². The van der Waals surface area contributed by atoms with E-state index in [0.717, 1.165) is 35.2 Å². The van der Waals surface area contributed by atoms with Crippen molar-refractivity contribution in [3.8, 4) is 0 Å². The number of carbonyl (C=O) groups is 2. The van der Waals surface area contributed by atoms with Crippen molar-refractivity contribution >= 4 is 38.4 Å². The molecule has 1 aromatic heterocycles. The molecule has 1 aliphatic heterocycles. The van der Waals surface area contributed by atoms with Gasteiger partial charge in [0.2, 0.25) is 0 Å². The lowest BCUT2D eigenvalue weighted by Gasteiger charge is -2.23. The van der Waals surface area contributed by atoms with E-state index in [1.807, 2.05) is 0 Å². The Morgan fingerprint density at radius 3 is 2.55 bits per heavy atom. The van der Waals surface area contributed by atoms with Crippen LogP contribution in [0.4, 0.5) is 5.13 Å². The predicted octanol–water partition coefficient (Wildman–Crippen LogP) is 4.94. The van der Waals surface area contributed by atoms with Gasteiger partial charge < -0.3 is 4.74 Å². The van der Waals surface area contributed by atoms with Gasteiger partial charge in [-0.3, -0.25) is 14.5 Å². The van der Waals surface area contributed by atoms with Gasteiger partial charge in [-0.2, -0.15) is 0 Å².